The van der Waals surface area contributed by atoms with E-state index in [0.29, 0.717) is 17.9 Å². The smallest absolute Gasteiger partial charge is 0.256 e. The summed E-state index contributed by atoms with van der Waals surface area (Å²) >= 11 is 0. The molecule has 5 nitrogen and oxygen atoms in total. The topological polar surface area (TPSA) is 50.2 Å². The van der Waals surface area contributed by atoms with E-state index in [1.807, 2.05) is 55.4 Å². The van der Waals surface area contributed by atoms with Gasteiger partial charge in [-0.05, 0) is 30.7 Å². The molecule has 3 aromatic rings. The summed E-state index contributed by atoms with van der Waals surface area (Å²) in [5.74, 6) is 0.538. The number of aromatic nitrogens is 2. The fourth-order valence-electron chi connectivity index (χ4n) is 2.66. The molecule has 2 aromatic carbocycles. The average Bonchev–Trinajstić information content (AvgIpc) is 3.01. The van der Waals surface area contributed by atoms with Gasteiger partial charge in [-0.3, -0.25) is 4.79 Å². The van der Waals surface area contributed by atoms with Crippen LogP contribution in [-0.4, -0.2) is 29.8 Å². The third-order valence-corrected chi connectivity index (χ3v) is 4.00. The Hall–Kier alpha value is -3.08. The largest absolute Gasteiger partial charge is 0.378 e. The lowest BCUT2D eigenvalue weighted by atomic mass is 10.1. The summed E-state index contributed by atoms with van der Waals surface area (Å²) < 4.78 is 1.79. The summed E-state index contributed by atoms with van der Waals surface area (Å²) in [6.45, 7) is 2.68. The first-order valence-electron chi connectivity index (χ1n) is 8.19. The minimum absolute atomic E-state index is 0.144. The highest BCUT2D eigenvalue weighted by Crippen LogP contribution is 2.16. The van der Waals surface area contributed by atoms with Gasteiger partial charge in [0, 0.05) is 31.4 Å². The first-order valence-corrected chi connectivity index (χ1v) is 8.19. The van der Waals surface area contributed by atoms with Crippen LogP contribution in [0, 0.1) is 6.92 Å². The van der Waals surface area contributed by atoms with Gasteiger partial charge in [0.25, 0.3) is 5.91 Å². The maximum atomic E-state index is 12.6. The third kappa shape index (κ3) is 4.07. The van der Waals surface area contributed by atoms with E-state index in [2.05, 4.69) is 35.5 Å². The maximum Gasteiger partial charge on any atom is 0.256 e. The monoisotopic (exact) mass is 334 g/mol. The lowest BCUT2D eigenvalue weighted by Crippen LogP contribution is -2.17. The molecule has 25 heavy (non-hydrogen) atoms. The lowest BCUT2D eigenvalue weighted by Gasteiger charge is -2.14. The van der Waals surface area contributed by atoms with Crippen molar-refractivity contribution in [3.63, 3.8) is 0 Å². The van der Waals surface area contributed by atoms with Crippen LogP contribution in [0.2, 0.25) is 0 Å². The molecule has 0 aliphatic carbocycles. The van der Waals surface area contributed by atoms with E-state index in [0.717, 1.165) is 11.3 Å². The molecule has 1 N–H and O–H groups in total. The highest BCUT2D eigenvalue weighted by atomic mass is 16.1. The van der Waals surface area contributed by atoms with Crippen LogP contribution in [0.15, 0.2) is 60.8 Å². The van der Waals surface area contributed by atoms with Gasteiger partial charge in [0.1, 0.15) is 5.82 Å². The Bertz CT molecular complexity index is 883. The average molecular weight is 334 g/mol. The number of carbonyl (C=O) groups excluding carboxylic acids is 1. The van der Waals surface area contributed by atoms with Crippen LogP contribution in [-0.2, 0) is 6.54 Å². The molecule has 0 fully saturated rings. The van der Waals surface area contributed by atoms with Gasteiger partial charge >= 0.3 is 0 Å². The summed E-state index contributed by atoms with van der Waals surface area (Å²) in [6, 6.07) is 17.6. The number of aryl methyl sites for hydroxylation is 1. The van der Waals surface area contributed by atoms with E-state index in [-0.39, 0.29) is 5.91 Å². The Morgan fingerprint density at radius 2 is 1.92 bits per heavy atom. The predicted octanol–water partition coefficient (Wildman–Crippen LogP) is 3.56. The van der Waals surface area contributed by atoms with Gasteiger partial charge in [-0.25, -0.2) is 4.68 Å². The summed E-state index contributed by atoms with van der Waals surface area (Å²) in [6.07, 6.45) is 1.70. The number of benzene rings is 2. The fraction of sp³-hybridized carbons (Fsp3) is 0.200. The summed E-state index contributed by atoms with van der Waals surface area (Å²) in [4.78, 5) is 14.5. The number of nitrogens with zero attached hydrogens (tertiary/aromatic N) is 3. The van der Waals surface area contributed by atoms with Gasteiger partial charge in [0.15, 0.2) is 0 Å². The Kier molecular flexibility index (Phi) is 4.84. The van der Waals surface area contributed by atoms with Gasteiger partial charge in [-0.1, -0.05) is 35.9 Å². The predicted molar refractivity (Wildman–Crippen MR) is 101 cm³/mol. The Labute approximate surface area is 147 Å². The zero-order valence-corrected chi connectivity index (χ0v) is 14.7. The van der Waals surface area contributed by atoms with Crippen molar-refractivity contribution >= 4 is 17.4 Å². The maximum absolute atomic E-state index is 12.6. The summed E-state index contributed by atoms with van der Waals surface area (Å²) in [5.41, 5.74) is 3.96. The number of nitrogens with one attached hydrogen (secondary N) is 1. The molecule has 1 heterocycles. The second kappa shape index (κ2) is 7.21. The molecule has 0 unspecified atom stereocenters. The Balaban J connectivity index is 1.77. The highest BCUT2D eigenvalue weighted by molar-refractivity contribution is 6.04. The second-order valence-electron chi connectivity index (χ2n) is 6.26. The van der Waals surface area contributed by atoms with Crippen molar-refractivity contribution in [2.24, 2.45) is 0 Å². The van der Waals surface area contributed by atoms with Crippen LogP contribution in [0.4, 0.5) is 11.5 Å². The Morgan fingerprint density at radius 3 is 2.68 bits per heavy atom. The molecule has 0 bridgehead atoms. The molecule has 0 atom stereocenters. The molecule has 0 saturated carbocycles. The molecule has 0 saturated heterocycles. The molecule has 128 valence electrons. The third-order valence-electron chi connectivity index (χ3n) is 4.00. The van der Waals surface area contributed by atoms with E-state index in [9.17, 15) is 4.79 Å². The number of hydrogen-bond donors (Lipinski definition) is 1. The summed E-state index contributed by atoms with van der Waals surface area (Å²) in [5, 5.41) is 7.28. The van der Waals surface area contributed by atoms with E-state index in [1.54, 1.807) is 10.9 Å². The van der Waals surface area contributed by atoms with Crippen LogP contribution in [0.25, 0.3) is 0 Å². The number of carbonyl (C=O) groups is 1. The molecule has 3 rings (SSSR count). The molecule has 0 spiro atoms. The van der Waals surface area contributed by atoms with E-state index >= 15 is 0 Å². The molecule has 0 aliphatic heterocycles. The molecule has 0 aliphatic rings. The summed E-state index contributed by atoms with van der Waals surface area (Å²) in [7, 11) is 3.90. The molecule has 1 amide bonds. The van der Waals surface area contributed by atoms with Crippen LogP contribution < -0.4 is 10.2 Å². The standard InChI is InChI=1S/C20H22N4O/c1-15-6-4-7-16(12-15)14-24-19(10-11-21-24)22-20(25)17-8-5-9-18(13-17)23(2)3/h4-13H,14H2,1-3H3,(H,22,25). The van der Waals surface area contributed by atoms with Crippen molar-refractivity contribution in [1.29, 1.82) is 0 Å². The SMILES string of the molecule is Cc1cccc(Cn2nccc2NC(=O)c2cccc(N(C)C)c2)c1. The minimum atomic E-state index is -0.144. The fourth-order valence-corrected chi connectivity index (χ4v) is 2.66. The number of anilines is 2. The quantitative estimate of drug-likeness (QED) is 0.776. The van der Waals surface area contributed by atoms with Crippen molar-refractivity contribution in [1.82, 2.24) is 9.78 Å². The molecule has 1 aromatic heterocycles. The zero-order chi connectivity index (χ0) is 17.8. The van der Waals surface area contributed by atoms with Crippen LogP contribution in [0.1, 0.15) is 21.5 Å². The van der Waals surface area contributed by atoms with Crippen LogP contribution in [0.5, 0.6) is 0 Å². The second-order valence-corrected chi connectivity index (χ2v) is 6.26. The van der Waals surface area contributed by atoms with Gasteiger partial charge in [0.2, 0.25) is 0 Å². The van der Waals surface area contributed by atoms with Crippen LogP contribution in [0.3, 0.4) is 0 Å². The zero-order valence-electron chi connectivity index (χ0n) is 14.7. The van der Waals surface area contributed by atoms with E-state index < -0.39 is 0 Å². The van der Waals surface area contributed by atoms with Crippen molar-refractivity contribution in [2.45, 2.75) is 13.5 Å². The van der Waals surface area contributed by atoms with Crippen LogP contribution >= 0.6 is 0 Å². The number of amides is 1. The first kappa shape index (κ1) is 16.8. The van der Waals surface area contributed by atoms with Crippen molar-refractivity contribution in [3.8, 4) is 0 Å². The van der Waals surface area contributed by atoms with Crippen molar-refractivity contribution in [3.05, 3.63) is 77.5 Å². The van der Waals surface area contributed by atoms with E-state index in [4.69, 9.17) is 0 Å². The van der Waals surface area contributed by atoms with Gasteiger partial charge < -0.3 is 10.2 Å². The number of hydrogen-bond acceptors (Lipinski definition) is 3. The van der Waals surface area contributed by atoms with E-state index in [1.165, 1.54) is 5.56 Å². The van der Waals surface area contributed by atoms with Gasteiger partial charge in [-0.15, -0.1) is 0 Å². The minimum Gasteiger partial charge on any atom is -0.378 e. The normalized spacial score (nSPS) is 10.5. The highest BCUT2D eigenvalue weighted by Gasteiger charge is 2.11. The van der Waals surface area contributed by atoms with Crippen molar-refractivity contribution < 1.29 is 4.79 Å². The lowest BCUT2D eigenvalue weighted by molar-refractivity contribution is 0.102. The first-order chi connectivity index (χ1) is 12.0. The number of rotatable bonds is 5. The van der Waals surface area contributed by atoms with Gasteiger partial charge in [0.05, 0.1) is 12.7 Å². The molecule has 5 heteroatoms. The van der Waals surface area contributed by atoms with Crippen molar-refractivity contribution in [2.75, 3.05) is 24.3 Å². The Morgan fingerprint density at radius 1 is 1.12 bits per heavy atom. The van der Waals surface area contributed by atoms with Gasteiger partial charge in [-0.2, -0.15) is 5.10 Å². The molecule has 0 radical (unpaired) electrons. The molecular formula is C20H22N4O. The molecular weight excluding hydrogens is 312 g/mol.